The zero-order valence-electron chi connectivity index (χ0n) is 8.00. The van der Waals surface area contributed by atoms with Crippen molar-refractivity contribution >= 4 is 5.91 Å². The maximum Gasteiger partial charge on any atom is 0.255 e. The normalized spacial score (nSPS) is 22.4. The van der Waals surface area contributed by atoms with Gasteiger partial charge in [-0.2, -0.15) is 0 Å². The maximum atomic E-state index is 12.0. The van der Waals surface area contributed by atoms with Crippen molar-refractivity contribution in [2.24, 2.45) is 0 Å². The van der Waals surface area contributed by atoms with E-state index in [-0.39, 0.29) is 0 Å². The number of rotatable bonds is 3. The number of likely N-dealkylation sites (N-methyl/N-ethyl adjacent to an activating group) is 1. The molecule has 82 valence electrons. The Balaban J connectivity index is 2.38. The highest BCUT2D eigenvalue weighted by molar-refractivity contribution is 5.81. The van der Waals surface area contributed by atoms with E-state index >= 15 is 0 Å². The summed E-state index contributed by atoms with van der Waals surface area (Å²) in [4.78, 5) is 12.5. The zero-order chi connectivity index (χ0) is 10.6. The fourth-order valence-corrected chi connectivity index (χ4v) is 1.27. The summed E-state index contributed by atoms with van der Waals surface area (Å²) in [6, 6.07) is 0. The van der Waals surface area contributed by atoms with E-state index in [9.17, 15) is 13.6 Å². The SMILES string of the molecule is CN(CC(F)F)C(=O)[C@@H]1CNCCO1. The van der Waals surface area contributed by atoms with Crippen LogP contribution in [0.5, 0.6) is 0 Å². The third-order valence-corrected chi connectivity index (χ3v) is 1.99. The highest BCUT2D eigenvalue weighted by Gasteiger charge is 2.25. The van der Waals surface area contributed by atoms with Crippen molar-refractivity contribution < 1.29 is 18.3 Å². The van der Waals surface area contributed by atoms with Gasteiger partial charge in [-0.25, -0.2) is 8.78 Å². The molecule has 1 atom stereocenters. The predicted molar refractivity (Wildman–Crippen MR) is 46.3 cm³/mol. The first-order chi connectivity index (χ1) is 6.61. The van der Waals surface area contributed by atoms with Crippen molar-refractivity contribution in [3.8, 4) is 0 Å². The summed E-state index contributed by atoms with van der Waals surface area (Å²) < 4.78 is 29.1. The van der Waals surface area contributed by atoms with Gasteiger partial charge in [0.25, 0.3) is 12.3 Å². The molecule has 0 aromatic rings. The second-order valence-electron chi connectivity index (χ2n) is 3.17. The molecule has 0 aromatic heterocycles. The van der Waals surface area contributed by atoms with E-state index < -0.39 is 25.0 Å². The molecule has 1 heterocycles. The van der Waals surface area contributed by atoms with Crippen LogP contribution in [0.3, 0.4) is 0 Å². The number of nitrogens with one attached hydrogen (secondary N) is 1. The second-order valence-corrected chi connectivity index (χ2v) is 3.17. The fourth-order valence-electron chi connectivity index (χ4n) is 1.27. The molecule has 6 heteroatoms. The van der Waals surface area contributed by atoms with Crippen molar-refractivity contribution in [3.05, 3.63) is 0 Å². The van der Waals surface area contributed by atoms with Gasteiger partial charge in [0.15, 0.2) is 0 Å². The van der Waals surface area contributed by atoms with Gasteiger partial charge in [0.1, 0.15) is 6.10 Å². The van der Waals surface area contributed by atoms with Crippen LogP contribution in [0, 0.1) is 0 Å². The van der Waals surface area contributed by atoms with Crippen LogP contribution < -0.4 is 5.32 Å². The first-order valence-corrected chi connectivity index (χ1v) is 4.46. The number of alkyl halides is 2. The number of halogens is 2. The molecule has 1 rings (SSSR count). The summed E-state index contributed by atoms with van der Waals surface area (Å²) in [5.41, 5.74) is 0. The smallest absolute Gasteiger partial charge is 0.255 e. The summed E-state index contributed by atoms with van der Waals surface area (Å²) in [6.07, 6.45) is -3.12. The summed E-state index contributed by atoms with van der Waals surface area (Å²) in [6.45, 7) is 0.992. The van der Waals surface area contributed by atoms with Crippen LogP contribution >= 0.6 is 0 Å². The highest BCUT2D eigenvalue weighted by atomic mass is 19.3. The topological polar surface area (TPSA) is 41.6 Å². The monoisotopic (exact) mass is 208 g/mol. The zero-order valence-corrected chi connectivity index (χ0v) is 8.00. The number of carbonyl (C=O) groups is 1. The van der Waals surface area contributed by atoms with E-state index in [1.807, 2.05) is 0 Å². The third-order valence-electron chi connectivity index (χ3n) is 1.99. The van der Waals surface area contributed by atoms with Crippen molar-refractivity contribution in [2.45, 2.75) is 12.5 Å². The molecule has 0 aromatic carbocycles. The van der Waals surface area contributed by atoms with Gasteiger partial charge in [0.2, 0.25) is 0 Å². The Morgan fingerprint density at radius 3 is 2.93 bits per heavy atom. The minimum atomic E-state index is -2.50. The molecule has 1 N–H and O–H groups in total. The summed E-state index contributed by atoms with van der Waals surface area (Å²) in [5, 5.41) is 2.96. The Morgan fingerprint density at radius 2 is 2.43 bits per heavy atom. The minimum absolute atomic E-state index is 0.391. The quantitative estimate of drug-likeness (QED) is 0.692. The van der Waals surface area contributed by atoms with Gasteiger partial charge >= 0.3 is 0 Å². The summed E-state index contributed by atoms with van der Waals surface area (Å²) >= 11 is 0. The third kappa shape index (κ3) is 3.19. The number of hydrogen-bond acceptors (Lipinski definition) is 3. The number of amides is 1. The molecule has 1 saturated heterocycles. The molecule has 0 spiro atoms. The lowest BCUT2D eigenvalue weighted by molar-refractivity contribution is -0.145. The lowest BCUT2D eigenvalue weighted by Gasteiger charge is -2.27. The average molecular weight is 208 g/mol. The molecular weight excluding hydrogens is 194 g/mol. The molecule has 1 aliphatic rings. The number of morpholine rings is 1. The van der Waals surface area contributed by atoms with E-state index in [1.165, 1.54) is 7.05 Å². The molecule has 1 aliphatic heterocycles. The molecule has 0 saturated carbocycles. The van der Waals surface area contributed by atoms with Crippen molar-refractivity contribution in [1.82, 2.24) is 10.2 Å². The van der Waals surface area contributed by atoms with E-state index in [0.717, 1.165) is 4.90 Å². The fraction of sp³-hybridized carbons (Fsp3) is 0.875. The molecule has 0 radical (unpaired) electrons. The molecular formula is C8H14F2N2O2. The Hall–Kier alpha value is -0.750. The van der Waals surface area contributed by atoms with Crippen LogP contribution in [-0.4, -0.2) is 56.6 Å². The lowest BCUT2D eigenvalue weighted by Crippen LogP contribution is -2.49. The molecule has 1 fully saturated rings. The summed E-state index contributed by atoms with van der Waals surface area (Å²) in [5.74, 6) is -0.391. The highest BCUT2D eigenvalue weighted by Crippen LogP contribution is 2.03. The van der Waals surface area contributed by atoms with E-state index in [1.54, 1.807) is 0 Å². The van der Waals surface area contributed by atoms with Crippen LogP contribution in [0.15, 0.2) is 0 Å². The van der Waals surface area contributed by atoms with Gasteiger partial charge in [-0.05, 0) is 0 Å². The summed E-state index contributed by atoms with van der Waals surface area (Å²) in [7, 11) is 1.35. The van der Waals surface area contributed by atoms with Crippen LogP contribution in [0.4, 0.5) is 8.78 Å². The molecule has 1 amide bonds. The first kappa shape index (κ1) is 11.3. The number of carbonyl (C=O) groups excluding carboxylic acids is 1. The van der Waals surface area contributed by atoms with E-state index in [2.05, 4.69) is 5.32 Å². The first-order valence-electron chi connectivity index (χ1n) is 4.46. The van der Waals surface area contributed by atoms with E-state index in [0.29, 0.717) is 19.7 Å². The van der Waals surface area contributed by atoms with Gasteiger partial charge < -0.3 is 15.0 Å². The maximum absolute atomic E-state index is 12.0. The average Bonchev–Trinajstić information content (AvgIpc) is 2.17. The molecule has 0 aliphatic carbocycles. The number of hydrogen-bond donors (Lipinski definition) is 1. The van der Waals surface area contributed by atoms with Crippen molar-refractivity contribution in [2.75, 3.05) is 33.3 Å². The second kappa shape index (κ2) is 5.21. The van der Waals surface area contributed by atoms with Gasteiger partial charge in [-0.15, -0.1) is 0 Å². The molecule has 0 unspecified atom stereocenters. The Morgan fingerprint density at radius 1 is 1.71 bits per heavy atom. The standard InChI is InChI=1S/C8H14F2N2O2/c1-12(5-7(9)10)8(13)6-4-11-2-3-14-6/h6-7,11H,2-5H2,1H3/t6-/m0/s1. The van der Waals surface area contributed by atoms with Crippen molar-refractivity contribution in [1.29, 1.82) is 0 Å². The Labute approximate surface area is 81.2 Å². The molecule has 4 nitrogen and oxygen atoms in total. The lowest BCUT2D eigenvalue weighted by atomic mass is 10.2. The largest absolute Gasteiger partial charge is 0.366 e. The number of ether oxygens (including phenoxy) is 1. The van der Waals surface area contributed by atoms with Gasteiger partial charge in [-0.3, -0.25) is 4.79 Å². The van der Waals surface area contributed by atoms with Gasteiger partial charge in [0, 0.05) is 20.1 Å². The van der Waals surface area contributed by atoms with Crippen LogP contribution in [0.1, 0.15) is 0 Å². The van der Waals surface area contributed by atoms with Gasteiger partial charge in [-0.1, -0.05) is 0 Å². The number of nitrogens with zero attached hydrogens (tertiary/aromatic N) is 1. The molecule has 0 bridgehead atoms. The minimum Gasteiger partial charge on any atom is -0.366 e. The van der Waals surface area contributed by atoms with E-state index in [4.69, 9.17) is 4.74 Å². The van der Waals surface area contributed by atoms with Crippen molar-refractivity contribution in [3.63, 3.8) is 0 Å². The Bertz CT molecular complexity index is 196. The van der Waals surface area contributed by atoms with Crippen LogP contribution in [0.25, 0.3) is 0 Å². The van der Waals surface area contributed by atoms with Crippen LogP contribution in [-0.2, 0) is 9.53 Å². The predicted octanol–water partition coefficient (Wildman–Crippen LogP) is -0.302. The Kier molecular flexibility index (Phi) is 4.21. The van der Waals surface area contributed by atoms with Gasteiger partial charge in [0.05, 0.1) is 13.2 Å². The van der Waals surface area contributed by atoms with Crippen LogP contribution in [0.2, 0.25) is 0 Å². The molecule has 14 heavy (non-hydrogen) atoms.